The van der Waals surface area contributed by atoms with Crippen molar-refractivity contribution in [3.63, 3.8) is 0 Å². The van der Waals surface area contributed by atoms with Gasteiger partial charge in [0.25, 0.3) is 11.5 Å². The molecular weight excluding hydrogens is 444 g/mol. The van der Waals surface area contributed by atoms with Crippen LogP contribution in [0.4, 0.5) is 0 Å². The summed E-state index contributed by atoms with van der Waals surface area (Å²) in [6, 6.07) is 22.0. The number of phenols is 1. The molecule has 3 heterocycles. The number of hydrogen-bond donors (Lipinski definition) is 3. The lowest BCUT2D eigenvalue weighted by Crippen LogP contribution is -2.48. The third-order valence-corrected chi connectivity index (χ3v) is 6.39. The molecule has 0 spiro atoms. The number of piperazine rings is 1. The largest absolute Gasteiger partial charge is 0.508 e. The van der Waals surface area contributed by atoms with Crippen LogP contribution in [0, 0.1) is 0 Å². The van der Waals surface area contributed by atoms with Gasteiger partial charge in [0, 0.05) is 36.8 Å². The van der Waals surface area contributed by atoms with Gasteiger partial charge in [-0.3, -0.25) is 14.0 Å². The van der Waals surface area contributed by atoms with Gasteiger partial charge in [0.05, 0.1) is 11.0 Å². The molecule has 35 heavy (non-hydrogen) atoms. The molecule has 1 amide bonds. The number of aromatic nitrogens is 4. The molecule has 1 unspecified atom stereocenters. The number of carbonyl (C=O) groups is 1. The van der Waals surface area contributed by atoms with E-state index in [1.54, 1.807) is 46.9 Å². The zero-order valence-electron chi connectivity index (χ0n) is 18.7. The highest BCUT2D eigenvalue weighted by Crippen LogP contribution is 2.25. The summed E-state index contributed by atoms with van der Waals surface area (Å²) in [6.07, 6.45) is 0. The molecule has 3 N–H and O–H groups in total. The number of aromatic hydroxyl groups is 1. The van der Waals surface area contributed by atoms with E-state index in [0.717, 1.165) is 5.56 Å². The Kier molecular flexibility index (Phi) is 5.04. The van der Waals surface area contributed by atoms with Crippen molar-refractivity contribution in [2.45, 2.75) is 6.04 Å². The van der Waals surface area contributed by atoms with Gasteiger partial charge in [-0.25, -0.2) is 0 Å². The number of rotatable bonds is 3. The van der Waals surface area contributed by atoms with Crippen LogP contribution in [0.15, 0.2) is 77.6 Å². The number of nitrogens with one attached hydrogen (secondary N) is 2. The minimum absolute atomic E-state index is 0.0682. The Balaban J connectivity index is 1.37. The average molecular weight is 467 g/mol. The third kappa shape index (κ3) is 3.71. The highest BCUT2D eigenvalue weighted by molar-refractivity contribution is 5.97. The van der Waals surface area contributed by atoms with Gasteiger partial charge in [-0.05, 0) is 48.0 Å². The standard InChI is InChI=1S/C26H22N6O3/c33-19-9-6-17(7-10-19)23-29-30-24-25(34)28-20-14-18(8-11-22(20)32(23)24)26(35)31-13-12-27-21(15-31)16-4-2-1-3-5-16/h1-11,14,21,27,33H,12-13,15H2,(H,28,34). The lowest BCUT2D eigenvalue weighted by molar-refractivity contribution is 0.0703. The number of H-pyrrole nitrogens is 1. The molecule has 6 rings (SSSR count). The summed E-state index contributed by atoms with van der Waals surface area (Å²) in [5, 5.41) is 21.4. The van der Waals surface area contributed by atoms with Crippen LogP contribution in [0.2, 0.25) is 0 Å². The Morgan fingerprint density at radius 2 is 1.80 bits per heavy atom. The summed E-state index contributed by atoms with van der Waals surface area (Å²) in [4.78, 5) is 30.8. The molecule has 0 radical (unpaired) electrons. The van der Waals surface area contributed by atoms with Crippen molar-refractivity contribution in [2.24, 2.45) is 0 Å². The van der Waals surface area contributed by atoms with Crippen molar-refractivity contribution in [1.82, 2.24) is 29.8 Å². The first-order chi connectivity index (χ1) is 17.1. The van der Waals surface area contributed by atoms with Crippen molar-refractivity contribution < 1.29 is 9.90 Å². The lowest BCUT2D eigenvalue weighted by atomic mass is 10.0. The first-order valence-electron chi connectivity index (χ1n) is 11.4. The normalized spacial score (nSPS) is 16.1. The fraction of sp³-hybridized carbons (Fsp3) is 0.154. The minimum Gasteiger partial charge on any atom is -0.508 e. The van der Waals surface area contributed by atoms with Gasteiger partial charge in [0.15, 0.2) is 5.82 Å². The van der Waals surface area contributed by atoms with E-state index >= 15 is 0 Å². The fourth-order valence-corrected chi connectivity index (χ4v) is 4.62. The van der Waals surface area contributed by atoms with Gasteiger partial charge in [-0.1, -0.05) is 30.3 Å². The molecule has 1 aliphatic rings. The van der Waals surface area contributed by atoms with Crippen molar-refractivity contribution in [3.05, 3.63) is 94.3 Å². The first-order valence-corrected chi connectivity index (χ1v) is 11.4. The Morgan fingerprint density at radius 1 is 1.00 bits per heavy atom. The second-order valence-corrected chi connectivity index (χ2v) is 8.58. The van der Waals surface area contributed by atoms with E-state index in [0.29, 0.717) is 47.6 Å². The molecule has 1 aliphatic heterocycles. The summed E-state index contributed by atoms with van der Waals surface area (Å²) in [6.45, 7) is 1.87. The van der Waals surface area contributed by atoms with Crippen molar-refractivity contribution in [2.75, 3.05) is 19.6 Å². The maximum absolute atomic E-state index is 13.4. The first kappa shape index (κ1) is 21.1. The molecule has 0 saturated carbocycles. The zero-order chi connectivity index (χ0) is 23.9. The Hall–Kier alpha value is -4.50. The lowest BCUT2D eigenvalue weighted by Gasteiger charge is -2.34. The van der Waals surface area contributed by atoms with Crippen molar-refractivity contribution in [1.29, 1.82) is 0 Å². The van der Waals surface area contributed by atoms with E-state index in [-0.39, 0.29) is 23.3 Å². The Labute approximate surface area is 199 Å². The fourth-order valence-electron chi connectivity index (χ4n) is 4.62. The van der Waals surface area contributed by atoms with Gasteiger partial charge in [0.1, 0.15) is 5.75 Å². The monoisotopic (exact) mass is 466 g/mol. The summed E-state index contributed by atoms with van der Waals surface area (Å²) < 4.78 is 1.67. The number of amides is 1. The molecule has 2 aromatic heterocycles. The van der Waals surface area contributed by atoms with E-state index < -0.39 is 5.56 Å². The SMILES string of the molecule is O=C(c1ccc2c(c1)[nH]c(=O)c1nnc(-c3ccc(O)cc3)n12)N1CCNC(c2ccccc2)C1. The molecule has 1 saturated heterocycles. The third-order valence-electron chi connectivity index (χ3n) is 6.39. The van der Waals surface area contributed by atoms with Crippen molar-refractivity contribution >= 4 is 22.6 Å². The smallest absolute Gasteiger partial charge is 0.294 e. The predicted molar refractivity (Wildman–Crippen MR) is 131 cm³/mol. The zero-order valence-corrected chi connectivity index (χ0v) is 18.7. The molecule has 9 heteroatoms. The number of phenolic OH excluding ortho intramolecular Hbond substituents is 1. The Bertz CT molecular complexity index is 1610. The van der Waals surface area contributed by atoms with Gasteiger partial charge in [0.2, 0.25) is 5.65 Å². The van der Waals surface area contributed by atoms with Crippen LogP contribution in [-0.4, -0.2) is 55.1 Å². The number of aromatic amines is 1. The van der Waals surface area contributed by atoms with Crippen LogP contribution in [0.3, 0.4) is 0 Å². The molecule has 0 aliphatic carbocycles. The van der Waals surface area contributed by atoms with Gasteiger partial charge in [-0.15, -0.1) is 10.2 Å². The summed E-state index contributed by atoms with van der Waals surface area (Å²) in [5.41, 5.74) is 3.30. The maximum atomic E-state index is 13.4. The quantitative estimate of drug-likeness (QED) is 0.377. The van der Waals surface area contributed by atoms with E-state index in [1.165, 1.54) is 0 Å². The van der Waals surface area contributed by atoms with E-state index in [9.17, 15) is 14.7 Å². The molecule has 5 aromatic rings. The van der Waals surface area contributed by atoms with E-state index in [2.05, 4.69) is 32.6 Å². The minimum atomic E-state index is -0.397. The summed E-state index contributed by atoms with van der Waals surface area (Å²) in [7, 11) is 0. The molecular formula is C26H22N6O3. The molecule has 9 nitrogen and oxygen atoms in total. The summed E-state index contributed by atoms with van der Waals surface area (Å²) >= 11 is 0. The topological polar surface area (TPSA) is 116 Å². The average Bonchev–Trinajstić information content (AvgIpc) is 3.35. The molecule has 1 fully saturated rings. The maximum Gasteiger partial charge on any atom is 0.294 e. The predicted octanol–water partition coefficient (Wildman–Crippen LogP) is 2.73. The summed E-state index contributed by atoms with van der Waals surface area (Å²) in [5.74, 6) is 0.525. The second kappa shape index (κ2) is 8.37. The van der Waals surface area contributed by atoms with Crippen LogP contribution in [0.5, 0.6) is 5.75 Å². The van der Waals surface area contributed by atoms with Crippen LogP contribution in [0.1, 0.15) is 22.0 Å². The van der Waals surface area contributed by atoms with Gasteiger partial charge >= 0.3 is 0 Å². The number of carbonyl (C=O) groups excluding carboxylic acids is 1. The van der Waals surface area contributed by atoms with Gasteiger partial charge < -0.3 is 20.3 Å². The van der Waals surface area contributed by atoms with Crippen LogP contribution in [-0.2, 0) is 0 Å². The molecule has 1 atom stereocenters. The highest BCUT2D eigenvalue weighted by Gasteiger charge is 2.25. The number of benzene rings is 3. The Morgan fingerprint density at radius 3 is 2.60 bits per heavy atom. The van der Waals surface area contributed by atoms with Crippen LogP contribution >= 0.6 is 0 Å². The molecule has 0 bridgehead atoms. The van der Waals surface area contributed by atoms with Crippen LogP contribution in [0.25, 0.3) is 28.1 Å². The number of fused-ring (bicyclic) bond motifs is 3. The molecule has 3 aromatic carbocycles. The second-order valence-electron chi connectivity index (χ2n) is 8.58. The number of nitrogens with zero attached hydrogens (tertiary/aromatic N) is 4. The molecule has 174 valence electrons. The van der Waals surface area contributed by atoms with E-state index in [4.69, 9.17) is 0 Å². The highest BCUT2D eigenvalue weighted by atomic mass is 16.3. The van der Waals surface area contributed by atoms with Crippen LogP contribution < -0.4 is 10.9 Å². The number of hydrogen-bond acceptors (Lipinski definition) is 6. The van der Waals surface area contributed by atoms with Crippen molar-refractivity contribution in [3.8, 4) is 17.1 Å². The van der Waals surface area contributed by atoms with Gasteiger partial charge in [-0.2, -0.15) is 0 Å². The van der Waals surface area contributed by atoms with E-state index in [1.807, 2.05) is 23.1 Å².